The van der Waals surface area contributed by atoms with E-state index in [1.165, 1.54) is 31.0 Å². The van der Waals surface area contributed by atoms with Crippen LogP contribution in [0.5, 0.6) is 5.75 Å². The molecule has 0 N–H and O–H groups in total. The van der Waals surface area contributed by atoms with Gasteiger partial charge in [-0.05, 0) is 85.4 Å². The summed E-state index contributed by atoms with van der Waals surface area (Å²) in [4.78, 5) is 7.34. The first-order chi connectivity index (χ1) is 17.3. The summed E-state index contributed by atoms with van der Waals surface area (Å²) in [6, 6.07) is 9.41. The van der Waals surface area contributed by atoms with Crippen molar-refractivity contribution in [3.63, 3.8) is 0 Å². The average Bonchev–Trinajstić information content (AvgIpc) is 3.53. The molecule has 2 aliphatic rings. The molecule has 0 radical (unpaired) electrons. The molecule has 1 unspecified atom stereocenters. The Balaban J connectivity index is 1.27. The number of anilines is 1. The second kappa shape index (κ2) is 8.76. The second-order valence-electron chi connectivity index (χ2n) is 9.81. The Morgan fingerprint density at radius 2 is 1.86 bits per heavy atom. The fraction of sp³-hybridized carbons (Fsp3) is 0.423. The van der Waals surface area contributed by atoms with Crippen molar-refractivity contribution in [2.24, 2.45) is 17.8 Å². The third kappa shape index (κ3) is 4.11. The van der Waals surface area contributed by atoms with Gasteiger partial charge in [-0.25, -0.2) is 9.50 Å². The molecular formula is C26H26F3N5OS. The molecule has 1 aromatic carbocycles. The van der Waals surface area contributed by atoms with E-state index in [1.807, 2.05) is 25.3 Å². The fourth-order valence-corrected chi connectivity index (χ4v) is 6.67. The molecule has 6 nitrogen and oxygen atoms in total. The molecule has 4 heterocycles. The summed E-state index contributed by atoms with van der Waals surface area (Å²) in [5.41, 5.74) is 2.20. The van der Waals surface area contributed by atoms with Crippen LogP contribution in [0.4, 0.5) is 18.2 Å². The summed E-state index contributed by atoms with van der Waals surface area (Å²) in [5, 5.41) is 6.00. The van der Waals surface area contributed by atoms with Crippen LogP contribution in [0.25, 0.3) is 16.8 Å². The number of piperidine rings is 1. The van der Waals surface area contributed by atoms with Gasteiger partial charge in [0.05, 0.1) is 18.4 Å². The van der Waals surface area contributed by atoms with Gasteiger partial charge in [0.25, 0.3) is 0 Å². The summed E-state index contributed by atoms with van der Waals surface area (Å²) in [7, 11) is 1.38. The first-order valence-electron chi connectivity index (χ1n) is 12.1. The summed E-state index contributed by atoms with van der Waals surface area (Å²) < 4.78 is 51.2. The minimum absolute atomic E-state index is 0.159. The molecule has 1 saturated carbocycles. The number of fused-ring (bicyclic) bond motifs is 3. The number of aromatic nitrogens is 4. The van der Waals surface area contributed by atoms with Gasteiger partial charge in [0.1, 0.15) is 10.8 Å². The van der Waals surface area contributed by atoms with Crippen LogP contribution < -0.4 is 9.64 Å². The van der Waals surface area contributed by atoms with Crippen LogP contribution in [0.15, 0.2) is 42.6 Å². The molecule has 0 spiro atoms. The highest BCUT2D eigenvalue weighted by Gasteiger charge is 2.42. The number of alkyl halides is 3. The Hall–Kier alpha value is -3.14. The Labute approximate surface area is 210 Å². The number of ether oxygens (including phenoxy) is 1. The summed E-state index contributed by atoms with van der Waals surface area (Å²) in [6.45, 7) is 4.10. The van der Waals surface area contributed by atoms with E-state index in [-0.39, 0.29) is 5.75 Å². The first-order valence-corrected chi connectivity index (χ1v) is 12.9. The maximum Gasteiger partial charge on any atom is 0.416 e. The van der Waals surface area contributed by atoms with Crippen molar-refractivity contribution >= 4 is 22.2 Å². The van der Waals surface area contributed by atoms with Gasteiger partial charge in [-0.15, -0.1) is 0 Å². The van der Waals surface area contributed by atoms with E-state index >= 15 is 0 Å². The zero-order chi connectivity index (χ0) is 25.0. The van der Waals surface area contributed by atoms with Crippen molar-refractivity contribution in [3.8, 4) is 16.9 Å². The number of halogens is 3. The summed E-state index contributed by atoms with van der Waals surface area (Å²) in [5.74, 6) is 2.64. The summed E-state index contributed by atoms with van der Waals surface area (Å²) >= 11 is 1.58. The van der Waals surface area contributed by atoms with Gasteiger partial charge in [-0.3, -0.25) is 0 Å². The maximum absolute atomic E-state index is 13.2. The van der Waals surface area contributed by atoms with Crippen LogP contribution in [0.2, 0.25) is 0 Å². The van der Waals surface area contributed by atoms with E-state index in [0.717, 1.165) is 43.2 Å². The normalized spacial score (nSPS) is 21.9. The van der Waals surface area contributed by atoms with Gasteiger partial charge in [0, 0.05) is 36.8 Å². The van der Waals surface area contributed by atoms with Crippen molar-refractivity contribution in [2.45, 2.75) is 32.4 Å². The third-order valence-corrected chi connectivity index (χ3v) is 8.54. The van der Waals surface area contributed by atoms with Crippen molar-refractivity contribution in [1.29, 1.82) is 0 Å². The highest BCUT2D eigenvalue weighted by atomic mass is 32.1. The van der Waals surface area contributed by atoms with E-state index in [2.05, 4.69) is 15.3 Å². The standard InChI is InChI=1S/C26H26F3N5OS/c1-15-10-24(36-32-15)33-13-16-5-6-17(14-33)21(16)12-23-30-25-20(4-3-9-34(25)31-23)19-8-7-18(26(27,28)29)11-22(19)35-2/h3-4,7-11,16-17,21H,5-6,12-14H2,1-2H3/t16-,17+,21?. The number of benzene rings is 1. The number of aryl methyl sites for hydroxylation is 1. The van der Waals surface area contributed by atoms with Crippen LogP contribution in [-0.4, -0.2) is 39.2 Å². The molecule has 4 aromatic rings. The van der Waals surface area contributed by atoms with Crippen LogP contribution in [0.1, 0.15) is 29.9 Å². The molecule has 1 aliphatic carbocycles. The zero-order valence-electron chi connectivity index (χ0n) is 20.0. The van der Waals surface area contributed by atoms with Crippen LogP contribution in [0.3, 0.4) is 0 Å². The van der Waals surface area contributed by atoms with Crippen LogP contribution in [0, 0.1) is 24.7 Å². The van der Waals surface area contributed by atoms with Gasteiger partial charge in [0.2, 0.25) is 0 Å². The Bertz CT molecular complexity index is 1400. The monoisotopic (exact) mass is 513 g/mol. The number of hydrogen-bond donors (Lipinski definition) is 0. The van der Waals surface area contributed by atoms with Crippen LogP contribution >= 0.6 is 11.5 Å². The highest BCUT2D eigenvalue weighted by Crippen LogP contribution is 2.45. The average molecular weight is 514 g/mol. The van der Waals surface area contributed by atoms with Gasteiger partial charge < -0.3 is 9.64 Å². The van der Waals surface area contributed by atoms with E-state index in [4.69, 9.17) is 14.8 Å². The van der Waals surface area contributed by atoms with E-state index < -0.39 is 11.7 Å². The lowest BCUT2D eigenvalue weighted by molar-refractivity contribution is -0.137. The number of rotatable bonds is 5. The van der Waals surface area contributed by atoms with Gasteiger partial charge in [-0.1, -0.05) is 0 Å². The molecular weight excluding hydrogens is 487 g/mol. The van der Waals surface area contributed by atoms with Gasteiger partial charge >= 0.3 is 6.18 Å². The van der Waals surface area contributed by atoms with Crippen molar-refractivity contribution in [1.82, 2.24) is 19.0 Å². The predicted octanol–water partition coefficient (Wildman–Crippen LogP) is 5.89. The third-order valence-electron chi connectivity index (χ3n) is 7.60. The molecule has 0 amide bonds. The quantitative estimate of drug-likeness (QED) is 0.333. The Morgan fingerprint density at radius 1 is 1.08 bits per heavy atom. The molecule has 1 aliphatic heterocycles. The molecule has 10 heteroatoms. The van der Waals surface area contributed by atoms with Crippen molar-refractivity contribution < 1.29 is 17.9 Å². The molecule has 36 heavy (non-hydrogen) atoms. The van der Waals surface area contributed by atoms with Crippen molar-refractivity contribution in [3.05, 3.63) is 59.7 Å². The highest BCUT2D eigenvalue weighted by molar-refractivity contribution is 7.10. The Kier molecular flexibility index (Phi) is 5.66. The number of hydrogen-bond acceptors (Lipinski definition) is 6. The topological polar surface area (TPSA) is 55.6 Å². The fourth-order valence-electron chi connectivity index (χ4n) is 5.90. The molecule has 6 rings (SSSR count). The van der Waals surface area contributed by atoms with E-state index in [9.17, 15) is 13.2 Å². The van der Waals surface area contributed by atoms with Gasteiger partial charge in [0.15, 0.2) is 11.5 Å². The molecule has 188 valence electrons. The zero-order valence-corrected chi connectivity index (χ0v) is 20.8. The lowest BCUT2D eigenvalue weighted by Gasteiger charge is -2.38. The number of nitrogens with zero attached hydrogens (tertiary/aromatic N) is 5. The van der Waals surface area contributed by atoms with Crippen molar-refractivity contribution in [2.75, 3.05) is 25.1 Å². The lowest BCUT2D eigenvalue weighted by atomic mass is 9.82. The lowest BCUT2D eigenvalue weighted by Crippen LogP contribution is -2.42. The minimum atomic E-state index is -4.44. The molecule has 3 aromatic heterocycles. The molecule has 1 saturated heterocycles. The van der Waals surface area contributed by atoms with Gasteiger partial charge in [-0.2, -0.15) is 22.6 Å². The summed E-state index contributed by atoms with van der Waals surface area (Å²) in [6.07, 6.45) is 0.620. The van der Waals surface area contributed by atoms with Crippen LogP contribution in [-0.2, 0) is 12.6 Å². The largest absolute Gasteiger partial charge is 0.496 e. The molecule has 2 bridgehead atoms. The van der Waals surface area contributed by atoms with E-state index in [1.54, 1.807) is 16.0 Å². The number of methoxy groups -OCH3 is 1. The minimum Gasteiger partial charge on any atom is -0.496 e. The molecule has 2 fully saturated rings. The Morgan fingerprint density at radius 3 is 2.53 bits per heavy atom. The SMILES string of the molecule is COc1cc(C(F)(F)F)ccc1-c1cccn2nc(CC3[C@@H]4CC[C@H]3CN(c3cc(C)ns3)C4)nc12. The second-order valence-corrected chi connectivity index (χ2v) is 10.6. The smallest absolute Gasteiger partial charge is 0.416 e. The first kappa shape index (κ1) is 23.3. The number of pyridine rings is 1. The maximum atomic E-state index is 13.2. The van der Waals surface area contributed by atoms with E-state index in [0.29, 0.717) is 34.5 Å². The predicted molar refractivity (Wildman–Crippen MR) is 132 cm³/mol. The molecule has 3 atom stereocenters.